The number of aromatic nitrogens is 4. The van der Waals surface area contributed by atoms with E-state index in [1.165, 1.54) is 11.3 Å². The summed E-state index contributed by atoms with van der Waals surface area (Å²) < 4.78 is 0.673. The van der Waals surface area contributed by atoms with Crippen molar-refractivity contribution in [2.75, 3.05) is 27.2 Å². The third-order valence-electron chi connectivity index (χ3n) is 4.88. The average molecular weight is 358 g/mol. The van der Waals surface area contributed by atoms with Gasteiger partial charge < -0.3 is 9.88 Å². The molecule has 0 aliphatic carbocycles. The Morgan fingerprint density at radius 3 is 2.96 bits per heavy atom. The maximum absolute atomic E-state index is 12.5. The molecule has 0 saturated carbocycles. The molecule has 1 aliphatic rings. The second-order valence-electron chi connectivity index (χ2n) is 6.89. The van der Waals surface area contributed by atoms with E-state index in [4.69, 9.17) is 4.98 Å². The quantitative estimate of drug-likeness (QED) is 0.744. The Kier molecular flexibility index (Phi) is 4.18. The van der Waals surface area contributed by atoms with Crippen molar-refractivity contribution in [3.8, 4) is 10.4 Å². The number of rotatable bonds is 4. The zero-order valence-electron chi connectivity index (χ0n) is 14.7. The maximum Gasteiger partial charge on any atom is 0.268 e. The molecule has 8 heteroatoms. The summed E-state index contributed by atoms with van der Waals surface area (Å²) in [7, 11) is 4.23. The number of hydrogen-bond acceptors (Lipinski definition) is 6. The third-order valence-corrected chi connectivity index (χ3v) is 6.03. The number of hydrogen-bond donors (Lipinski definition) is 2. The van der Waals surface area contributed by atoms with Crippen LogP contribution in [0.2, 0.25) is 0 Å². The van der Waals surface area contributed by atoms with Crippen LogP contribution in [-0.4, -0.2) is 63.2 Å². The summed E-state index contributed by atoms with van der Waals surface area (Å²) in [6.07, 6.45) is 2.95. The zero-order valence-corrected chi connectivity index (χ0v) is 15.5. The predicted molar refractivity (Wildman–Crippen MR) is 99.9 cm³/mol. The van der Waals surface area contributed by atoms with Crippen molar-refractivity contribution in [1.82, 2.24) is 30.0 Å². The van der Waals surface area contributed by atoms with Gasteiger partial charge in [0.1, 0.15) is 10.5 Å². The number of aryl methyl sites for hydroxylation is 1. The first-order valence-electron chi connectivity index (χ1n) is 8.43. The number of fused-ring (bicyclic) bond motifs is 1. The van der Waals surface area contributed by atoms with E-state index in [-0.39, 0.29) is 5.56 Å². The molecular formula is C17H22N6OS. The summed E-state index contributed by atoms with van der Waals surface area (Å²) in [5.74, 6) is 0.741. The lowest BCUT2D eigenvalue weighted by Gasteiger charge is -2.19. The van der Waals surface area contributed by atoms with E-state index in [9.17, 15) is 4.79 Å². The lowest BCUT2D eigenvalue weighted by atomic mass is 10.2. The molecule has 1 aliphatic heterocycles. The fraction of sp³-hybridized carbons (Fsp3) is 0.471. The van der Waals surface area contributed by atoms with E-state index in [0.29, 0.717) is 17.3 Å². The summed E-state index contributed by atoms with van der Waals surface area (Å²) in [5, 5.41) is 7.00. The van der Waals surface area contributed by atoms with E-state index in [2.05, 4.69) is 39.1 Å². The van der Waals surface area contributed by atoms with Gasteiger partial charge in [-0.1, -0.05) is 0 Å². The minimum Gasteiger partial charge on any atom is -0.308 e. The molecule has 1 atom stereocenters. The molecule has 0 spiro atoms. The van der Waals surface area contributed by atoms with Crippen molar-refractivity contribution in [2.45, 2.75) is 25.9 Å². The Hall–Kier alpha value is -2.03. The smallest absolute Gasteiger partial charge is 0.268 e. The number of H-pyrrole nitrogens is 2. The van der Waals surface area contributed by atoms with Crippen molar-refractivity contribution in [3.05, 3.63) is 34.1 Å². The second kappa shape index (κ2) is 6.36. The fourth-order valence-electron chi connectivity index (χ4n) is 3.38. The van der Waals surface area contributed by atoms with Crippen LogP contribution in [-0.2, 0) is 6.54 Å². The number of thiophene rings is 1. The number of likely N-dealkylation sites (tertiary alicyclic amines) is 1. The highest BCUT2D eigenvalue weighted by molar-refractivity contribution is 7.22. The highest BCUT2D eigenvalue weighted by Crippen LogP contribution is 2.32. The first kappa shape index (κ1) is 16.4. The lowest BCUT2D eigenvalue weighted by molar-refractivity contribution is 0.261. The van der Waals surface area contributed by atoms with Crippen molar-refractivity contribution in [1.29, 1.82) is 0 Å². The topological polar surface area (TPSA) is 80.9 Å². The molecule has 1 saturated heterocycles. The summed E-state index contributed by atoms with van der Waals surface area (Å²) >= 11 is 1.47. The standard InChI is InChI=1S/C17H22N6OS/c1-10-12(7-18-21-10)14-6-13-16(25-14)17(24)20-15(19-13)9-23-5-4-11(8-23)22(2)3/h6-7,11H,4-5,8-9H2,1-3H3,(H,18,21)(H,19,20,24). The minimum atomic E-state index is -0.0549. The summed E-state index contributed by atoms with van der Waals surface area (Å²) in [6, 6.07) is 2.57. The van der Waals surface area contributed by atoms with Gasteiger partial charge in [-0.2, -0.15) is 5.10 Å². The summed E-state index contributed by atoms with van der Waals surface area (Å²) in [5.41, 5.74) is 2.73. The average Bonchev–Trinajstić information content (AvgIpc) is 3.26. The Labute approximate surface area is 149 Å². The zero-order chi connectivity index (χ0) is 17.6. The van der Waals surface area contributed by atoms with Crippen LogP contribution < -0.4 is 5.56 Å². The molecule has 4 rings (SSSR count). The fourth-order valence-corrected chi connectivity index (χ4v) is 4.44. The van der Waals surface area contributed by atoms with Crippen LogP contribution in [0.3, 0.4) is 0 Å². The molecule has 3 aromatic heterocycles. The summed E-state index contributed by atoms with van der Waals surface area (Å²) in [6.45, 7) is 4.71. The monoisotopic (exact) mass is 358 g/mol. The number of nitrogens with zero attached hydrogens (tertiary/aromatic N) is 4. The largest absolute Gasteiger partial charge is 0.308 e. The molecule has 132 valence electrons. The molecular weight excluding hydrogens is 336 g/mol. The molecule has 0 bridgehead atoms. The van der Waals surface area contributed by atoms with Gasteiger partial charge in [0, 0.05) is 35.3 Å². The Morgan fingerprint density at radius 1 is 1.44 bits per heavy atom. The van der Waals surface area contributed by atoms with Crippen molar-refractivity contribution >= 4 is 21.6 Å². The number of nitrogens with one attached hydrogen (secondary N) is 2. The van der Waals surface area contributed by atoms with Crippen LogP contribution in [0.4, 0.5) is 0 Å². The van der Waals surface area contributed by atoms with Crippen LogP contribution in [0.25, 0.3) is 20.7 Å². The van der Waals surface area contributed by atoms with Crippen LogP contribution in [0.1, 0.15) is 17.9 Å². The van der Waals surface area contributed by atoms with Gasteiger partial charge in [0.05, 0.1) is 18.3 Å². The van der Waals surface area contributed by atoms with E-state index in [1.54, 1.807) is 6.20 Å². The van der Waals surface area contributed by atoms with Gasteiger partial charge in [-0.25, -0.2) is 4.98 Å². The Bertz CT molecular complexity index is 956. The first-order valence-corrected chi connectivity index (χ1v) is 9.25. The summed E-state index contributed by atoms with van der Waals surface area (Å²) in [4.78, 5) is 25.8. The number of aromatic amines is 2. The van der Waals surface area contributed by atoms with Gasteiger partial charge in [-0.3, -0.25) is 14.8 Å². The van der Waals surface area contributed by atoms with Gasteiger partial charge in [0.2, 0.25) is 0 Å². The maximum atomic E-state index is 12.5. The van der Waals surface area contributed by atoms with E-state index in [0.717, 1.165) is 47.0 Å². The molecule has 3 aromatic rings. The van der Waals surface area contributed by atoms with Gasteiger partial charge in [0.15, 0.2) is 0 Å². The Balaban J connectivity index is 1.62. The van der Waals surface area contributed by atoms with E-state index < -0.39 is 0 Å². The molecule has 2 N–H and O–H groups in total. The van der Waals surface area contributed by atoms with Gasteiger partial charge in [-0.15, -0.1) is 11.3 Å². The normalized spacial score (nSPS) is 18.6. The van der Waals surface area contributed by atoms with Crippen LogP contribution in [0, 0.1) is 6.92 Å². The SMILES string of the molecule is Cc1[nH]ncc1-c1cc2nc(CN3CCC(N(C)C)C3)[nH]c(=O)c2s1. The highest BCUT2D eigenvalue weighted by Gasteiger charge is 2.24. The molecule has 0 radical (unpaired) electrons. The molecule has 4 heterocycles. The number of likely N-dealkylation sites (N-methyl/N-ethyl adjacent to an activating group) is 1. The Morgan fingerprint density at radius 2 is 2.28 bits per heavy atom. The predicted octanol–water partition coefficient (Wildman–Crippen LogP) is 1.82. The molecule has 7 nitrogen and oxygen atoms in total. The minimum absolute atomic E-state index is 0.0549. The lowest BCUT2D eigenvalue weighted by Crippen LogP contribution is -2.31. The molecule has 25 heavy (non-hydrogen) atoms. The molecule has 1 unspecified atom stereocenters. The third kappa shape index (κ3) is 3.12. The van der Waals surface area contributed by atoms with Crippen molar-refractivity contribution < 1.29 is 0 Å². The van der Waals surface area contributed by atoms with Crippen molar-refractivity contribution in [3.63, 3.8) is 0 Å². The first-order chi connectivity index (χ1) is 12.0. The van der Waals surface area contributed by atoms with Crippen LogP contribution >= 0.6 is 11.3 Å². The van der Waals surface area contributed by atoms with Gasteiger partial charge in [0.25, 0.3) is 5.56 Å². The van der Waals surface area contributed by atoms with Crippen LogP contribution in [0.15, 0.2) is 17.1 Å². The van der Waals surface area contributed by atoms with Gasteiger partial charge in [-0.05, 0) is 33.5 Å². The van der Waals surface area contributed by atoms with Crippen LogP contribution in [0.5, 0.6) is 0 Å². The highest BCUT2D eigenvalue weighted by atomic mass is 32.1. The molecule has 1 fully saturated rings. The van der Waals surface area contributed by atoms with Crippen molar-refractivity contribution in [2.24, 2.45) is 0 Å². The second-order valence-corrected chi connectivity index (χ2v) is 7.94. The molecule has 0 amide bonds. The van der Waals surface area contributed by atoms with E-state index in [1.807, 2.05) is 13.0 Å². The van der Waals surface area contributed by atoms with Gasteiger partial charge >= 0.3 is 0 Å². The van der Waals surface area contributed by atoms with E-state index >= 15 is 0 Å². The molecule has 0 aromatic carbocycles.